The molecule has 1 amide bonds. The Kier molecular flexibility index (Phi) is 3.42. The van der Waals surface area contributed by atoms with Crippen LogP contribution >= 0.6 is 22.9 Å². The predicted molar refractivity (Wildman–Crippen MR) is 79.0 cm³/mol. The zero-order valence-electron chi connectivity index (χ0n) is 10.6. The molecule has 2 aromatic heterocycles. The van der Waals surface area contributed by atoms with E-state index in [9.17, 15) is 4.79 Å². The molecule has 102 valence electrons. The highest BCUT2D eigenvalue weighted by atomic mass is 35.5. The Morgan fingerprint density at radius 3 is 3.05 bits per heavy atom. The van der Waals surface area contributed by atoms with Crippen LogP contribution in [-0.2, 0) is 13.6 Å². The number of nitrogens with one attached hydrogen (secondary N) is 1. The van der Waals surface area contributed by atoms with E-state index in [1.165, 1.54) is 11.3 Å². The molecule has 1 aromatic carbocycles. The summed E-state index contributed by atoms with van der Waals surface area (Å²) in [7, 11) is 1.83. The molecule has 3 aromatic rings. The van der Waals surface area contributed by atoms with E-state index in [-0.39, 0.29) is 5.91 Å². The van der Waals surface area contributed by atoms with E-state index in [0.717, 1.165) is 10.1 Å². The highest BCUT2D eigenvalue weighted by Gasteiger charge is 2.12. The van der Waals surface area contributed by atoms with Crippen LogP contribution in [0, 0.1) is 0 Å². The van der Waals surface area contributed by atoms with Crippen molar-refractivity contribution in [1.82, 2.24) is 20.1 Å². The van der Waals surface area contributed by atoms with Gasteiger partial charge in [-0.2, -0.15) is 0 Å². The first-order valence-electron chi connectivity index (χ1n) is 5.94. The fourth-order valence-corrected chi connectivity index (χ4v) is 3.14. The Balaban J connectivity index is 1.79. The molecule has 0 atom stereocenters. The van der Waals surface area contributed by atoms with Crippen LogP contribution in [0.4, 0.5) is 0 Å². The fourth-order valence-electron chi connectivity index (χ4n) is 1.85. The van der Waals surface area contributed by atoms with E-state index in [0.29, 0.717) is 22.3 Å². The number of amides is 1. The number of carbonyl (C=O) groups excluding carboxylic acids is 1. The normalized spacial score (nSPS) is 10.9. The van der Waals surface area contributed by atoms with E-state index in [1.54, 1.807) is 10.9 Å². The largest absolute Gasteiger partial charge is 0.344 e. The molecule has 5 nitrogen and oxygen atoms in total. The number of aryl methyl sites for hydroxylation is 1. The maximum Gasteiger partial charge on any atom is 0.261 e. The Hall–Kier alpha value is -1.92. The van der Waals surface area contributed by atoms with Gasteiger partial charge in [-0.1, -0.05) is 17.7 Å². The summed E-state index contributed by atoms with van der Waals surface area (Å²) >= 11 is 7.53. The molecule has 0 saturated carbocycles. The first-order chi connectivity index (χ1) is 9.65. The van der Waals surface area contributed by atoms with E-state index in [1.807, 2.05) is 31.3 Å². The van der Waals surface area contributed by atoms with Gasteiger partial charge in [0.05, 0.1) is 11.4 Å². The Labute approximate surface area is 124 Å². The van der Waals surface area contributed by atoms with Crippen LogP contribution in [0.2, 0.25) is 5.02 Å². The van der Waals surface area contributed by atoms with Gasteiger partial charge in [0.15, 0.2) is 5.82 Å². The summed E-state index contributed by atoms with van der Waals surface area (Å²) in [4.78, 5) is 12.8. The molecule has 0 aliphatic carbocycles. The summed E-state index contributed by atoms with van der Waals surface area (Å²) in [6.45, 7) is 0.345. The molecule has 0 radical (unpaired) electrons. The molecular formula is C13H11ClN4OS. The van der Waals surface area contributed by atoms with Gasteiger partial charge in [0.25, 0.3) is 5.91 Å². The number of benzene rings is 1. The van der Waals surface area contributed by atoms with Gasteiger partial charge in [-0.3, -0.25) is 4.79 Å². The second-order valence-corrected chi connectivity index (χ2v) is 5.79. The van der Waals surface area contributed by atoms with E-state index in [4.69, 9.17) is 11.6 Å². The van der Waals surface area contributed by atoms with Gasteiger partial charge in [0, 0.05) is 22.2 Å². The van der Waals surface area contributed by atoms with Crippen molar-refractivity contribution >= 4 is 38.9 Å². The second kappa shape index (κ2) is 5.22. The number of halogens is 1. The minimum atomic E-state index is -0.134. The lowest BCUT2D eigenvalue weighted by atomic mass is 10.2. The van der Waals surface area contributed by atoms with E-state index in [2.05, 4.69) is 15.5 Å². The molecule has 0 aliphatic heterocycles. The Morgan fingerprint density at radius 2 is 2.35 bits per heavy atom. The van der Waals surface area contributed by atoms with Gasteiger partial charge in [-0.25, -0.2) is 0 Å². The van der Waals surface area contributed by atoms with Crippen molar-refractivity contribution in [3.05, 3.63) is 46.3 Å². The topological polar surface area (TPSA) is 59.8 Å². The third kappa shape index (κ3) is 2.39. The summed E-state index contributed by atoms with van der Waals surface area (Å²) in [5.74, 6) is 0.572. The van der Waals surface area contributed by atoms with Crippen LogP contribution in [0.3, 0.4) is 0 Å². The van der Waals surface area contributed by atoms with Crippen LogP contribution in [-0.4, -0.2) is 20.7 Å². The average molecular weight is 307 g/mol. The predicted octanol–water partition coefficient (Wildman–Crippen LogP) is 2.61. The van der Waals surface area contributed by atoms with Crippen LogP contribution in [0.25, 0.3) is 10.1 Å². The standard InChI is InChI=1S/C13H11ClN4OS/c1-18-7-16-17-12(18)6-15-13(19)11-5-8-9(14)3-2-4-10(8)20-11/h2-5,7H,6H2,1H3,(H,15,19). The molecule has 0 aliphatic rings. The van der Waals surface area contributed by atoms with Gasteiger partial charge >= 0.3 is 0 Å². The van der Waals surface area contributed by atoms with Crippen molar-refractivity contribution < 1.29 is 4.79 Å². The second-order valence-electron chi connectivity index (χ2n) is 4.30. The number of carbonyl (C=O) groups is 1. The van der Waals surface area contributed by atoms with Gasteiger partial charge in [-0.05, 0) is 18.2 Å². The molecule has 7 heteroatoms. The van der Waals surface area contributed by atoms with Crippen LogP contribution < -0.4 is 5.32 Å². The first kappa shape index (κ1) is 13.1. The maximum absolute atomic E-state index is 12.1. The van der Waals surface area contributed by atoms with E-state index >= 15 is 0 Å². The molecular weight excluding hydrogens is 296 g/mol. The SMILES string of the molecule is Cn1cnnc1CNC(=O)c1cc2c(Cl)cccc2s1. The van der Waals surface area contributed by atoms with Crippen molar-refractivity contribution in [2.75, 3.05) is 0 Å². The number of rotatable bonds is 3. The van der Waals surface area contributed by atoms with Crippen molar-refractivity contribution in [3.63, 3.8) is 0 Å². The molecule has 20 heavy (non-hydrogen) atoms. The fraction of sp³-hybridized carbons (Fsp3) is 0.154. The van der Waals surface area contributed by atoms with Gasteiger partial charge < -0.3 is 9.88 Å². The lowest BCUT2D eigenvalue weighted by molar-refractivity contribution is 0.0953. The third-order valence-corrected chi connectivity index (χ3v) is 4.37. The summed E-state index contributed by atoms with van der Waals surface area (Å²) in [6, 6.07) is 7.46. The summed E-state index contributed by atoms with van der Waals surface area (Å²) in [6.07, 6.45) is 1.60. The van der Waals surface area contributed by atoms with Crippen molar-refractivity contribution in [2.45, 2.75) is 6.54 Å². The molecule has 3 rings (SSSR count). The summed E-state index contributed by atoms with van der Waals surface area (Å²) in [5, 5.41) is 12.1. The van der Waals surface area contributed by atoms with Gasteiger partial charge in [-0.15, -0.1) is 21.5 Å². The van der Waals surface area contributed by atoms with Gasteiger partial charge in [0.2, 0.25) is 0 Å². The lowest BCUT2D eigenvalue weighted by Crippen LogP contribution is -2.23. The highest BCUT2D eigenvalue weighted by molar-refractivity contribution is 7.20. The number of hydrogen-bond acceptors (Lipinski definition) is 4. The lowest BCUT2D eigenvalue weighted by Gasteiger charge is -2.02. The average Bonchev–Trinajstić information content (AvgIpc) is 3.03. The van der Waals surface area contributed by atoms with Crippen molar-refractivity contribution in [2.24, 2.45) is 7.05 Å². The minimum absolute atomic E-state index is 0.134. The molecule has 1 N–H and O–H groups in total. The Morgan fingerprint density at radius 1 is 1.50 bits per heavy atom. The summed E-state index contributed by atoms with van der Waals surface area (Å²) in [5.41, 5.74) is 0. The number of fused-ring (bicyclic) bond motifs is 1. The van der Waals surface area contributed by atoms with E-state index < -0.39 is 0 Å². The number of nitrogens with zero attached hydrogens (tertiary/aromatic N) is 3. The molecule has 0 saturated heterocycles. The van der Waals surface area contributed by atoms with Crippen LogP contribution in [0.1, 0.15) is 15.5 Å². The number of aromatic nitrogens is 3. The first-order valence-corrected chi connectivity index (χ1v) is 7.14. The zero-order chi connectivity index (χ0) is 14.1. The van der Waals surface area contributed by atoms with Crippen molar-refractivity contribution in [1.29, 1.82) is 0 Å². The van der Waals surface area contributed by atoms with Crippen molar-refractivity contribution in [3.8, 4) is 0 Å². The molecule has 0 fully saturated rings. The molecule has 0 unspecified atom stereocenters. The zero-order valence-corrected chi connectivity index (χ0v) is 12.2. The number of thiophene rings is 1. The maximum atomic E-state index is 12.1. The quantitative estimate of drug-likeness (QED) is 0.809. The molecule has 0 spiro atoms. The molecule has 2 heterocycles. The van der Waals surface area contributed by atoms with Gasteiger partial charge in [0.1, 0.15) is 6.33 Å². The summed E-state index contributed by atoms with van der Waals surface area (Å²) < 4.78 is 2.77. The third-order valence-electron chi connectivity index (χ3n) is 2.94. The number of hydrogen-bond donors (Lipinski definition) is 1. The minimum Gasteiger partial charge on any atom is -0.344 e. The van der Waals surface area contributed by atoms with Crippen LogP contribution in [0.15, 0.2) is 30.6 Å². The van der Waals surface area contributed by atoms with Crippen LogP contribution in [0.5, 0.6) is 0 Å². The highest BCUT2D eigenvalue weighted by Crippen LogP contribution is 2.30. The smallest absolute Gasteiger partial charge is 0.261 e. The monoisotopic (exact) mass is 306 g/mol. The Bertz CT molecular complexity index is 780. The molecule has 0 bridgehead atoms.